The Morgan fingerprint density at radius 3 is 3.00 bits per heavy atom. The van der Waals surface area contributed by atoms with Crippen LogP contribution in [0.15, 0.2) is 41.8 Å². The molecule has 2 heterocycles. The van der Waals surface area contributed by atoms with Crippen LogP contribution in [0, 0.1) is 0 Å². The molecule has 2 aromatic rings. The molecule has 106 valence electrons. The zero-order chi connectivity index (χ0) is 14.2. The molecule has 1 saturated heterocycles. The normalized spacial score (nSPS) is 20.4. The van der Waals surface area contributed by atoms with Gasteiger partial charge in [-0.1, -0.05) is 23.7 Å². The Hall–Kier alpha value is -1.02. The molecule has 0 saturated carbocycles. The van der Waals surface area contributed by atoms with E-state index in [9.17, 15) is 8.42 Å². The van der Waals surface area contributed by atoms with E-state index in [1.54, 1.807) is 23.9 Å². The maximum absolute atomic E-state index is 12.6. The number of halogens is 1. The van der Waals surface area contributed by atoms with Gasteiger partial charge in [0.05, 0.1) is 17.9 Å². The predicted octanol–water partition coefficient (Wildman–Crippen LogP) is 2.50. The van der Waals surface area contributed by atoms with E-state index in [4.69, 9.17) is 11.6 Å². The number of rotatable bonds is 3. The fourth-order valence-corrected chi connectivity index (χ4v) is 5.46. The first-order valence-electron chi connectivity index (χ1n) is 5.96. The van der Waals surface area contributed by atoms with Crippen molar-refractivity contribution < 1.29 is 8.42 Å². The fourth-order valence-electron chi connectivity index (χ4n) is 2.13. The molecule has 8 heteroatoms. The molecule has 1 aromatic carbocycles. The van der Waals surface area contributed by atoms with Gasteiger partial charge in [-0.05, 0) is 17.7 Å². The average molecular weight is 330 g/mol. The fraction of sp³-hybridized carbons (Fsp3) is 0.250. The Bertz CT molecular complexity index is 703. The standard InChI is InChI=1S/C12H12ClN3O2S2/c13-10-3-1-2-9(6-10)12-16(4-5-19-12)20(17,18)11-7-14-8-15-11/h1-3,6-8,12H,4-5H2,(H,14,15). The molecule has 0 amide bonds. The molecule has 1 aliphatic rings. The zero-order valence-corrected chi connectivity index (χ0v) is 12.7. The van der Waals surface area contributed by atoms with Crippen molar-refractivity contribution in [3.05, 3.63) is 47.4 Å². The van der Waals surface area contributed by atoms with E-state index >= 15 is 0 Å². The summed E-state index contributed by atoms with van der Waals surface area (Å²) in [6.07, 6.45) is 2.69. The minimum Gasteiger partial charge on any atom is -0.335 e. The minimum absolute atomic E-state index is 0.118. The van der Waals surface area contributed by atoms with Gasteiger partial charge >= 0.3 is 0 Å². The highest BCUT2D eigenvalue weighted by atomic mass is 35.5. The second kappa shape index (κ2) is 5.40. The van der Waals surface area contributed by atoms with Crippen molar-refractivity contribution in [3.8, 4) is 0 Å². The number of thioether (sulfide) groups is 1. The first-order valence-corrected chi connectivity index (χ1v) is 8.83. The number of imidazole rings is 1. The number of aromatic amines is 1. The van der Waals surface area contributed by atoms with Gasteiger partial charge in [-0.25, -0.2) is 13.4 Å². The highest BCUT2D eigenvalue weighted by Crippen LogP contribution is 2.41. The number of H-pyrrole nitrogens is 1. The highest BCUT2D eigenvalue weighted by Gasteiger charge is 2.37. The predicted molar refractivity (Wildman–Crippen MR) is 79.1 cm³/mol. The number of hydrogen-bond acceptors (Lipinski definition) is 4. The van der Waals surface area contributed by atoms with Gasteiger partial charge in [-0.3, -0.25) is 0 Å². The molecule has 1 N–H and O–H groups in total. The lowest BCUT2D eigenvalue weighted by Crippen LogP contribution is -2.30. The number of hydrogen-bond donors (Lipinski definition) is 1. The number of sulfonamides is 1. The van der Waals surface area contributed by atoms with Crippen LogP contribution in [-0.2, 0) is 10.0 Å². The first kappa shape index (κ1) is 13.9. The molecule has 20 heavy (non-hydrogen) atoms. The highest BCUT2D eigenvalue weighted by molar-refractivity contribution is 8.00. The van der Waals surface area contributed by atoms with Crippen molar-refractivity contribution in [1.82, 2.24) is 14.3 Å². The van der Waals surface area contributed by atoms with E-state index in [2.05, 4.69) is 9.97 Å². The summed E-state index contributed by atoms with van der Waals surface area (Å²) in [6, 6.07) is 7.31. The Kier molecular flexibility index (Phi) is 3.76. The molecule has 1 aliphatic heterocycles. The summed E-state index contributed by atoms with van der Waals surface area (Å²) >= 11 is 7.58. The van der Waals surface area contributed by atoms with E-state index in [0.29, 0.717) is 11.6 Å². The smallest absolute Gasteiger partial charge is 0.261 e. The third-order valence-corrected chi connectivity index (χ3v) is 6.46. The van der Waals surface area contributed by atoms with Gasteiger partial charge in [0.2, 0.25) is 0 Å². The van der Waals surface area contributed by atoms with E-state index in [1.807, 2.05) is 12.1 Å². The molecule has 3 rings (SSSR count). The van der Waals surface area contributed by atoms with Crippen LogP contribution in [0.4, 0.5) is 0 Å². The maximum Gasteiger partial charge on any atom is 0.261 e. The molecule has 0 spiro atoms. The third-order valence-electron chi connectivity index (χ3n) is 3.04. The number of benzene rings is 1. The van der Waals surface area contributed by atoms with Crippen molar-refractivity contribution in [1.29, 1.82) is 0 Å². The lowest BCUT2D eigenvalue weighted by molar-refractivity contribution is 0.432. The Morgan fingerprint density at radius 2 is 2.30 bits per heavy atom. The second-order valence-corrected chi connectivity index (χ2v) is 7.79. The Morgan fingerprint density at radius 1 is 1.45 bits per heavy atom. The second-order valence-electron chi connectivity index (χ2n) is 4.31. The SMILES string of the molecule is O=S(=O)(c1cnc[nH]1)N1CCSC1c1cccc(Cl)c1. The molecule has 0 aliphatic carbocycles. The van der Waals surface area contributed by atoms with Gasteiger partial charge in [0.1, 0.15) is 0 Å². The van der Waals surface area contributed by atoms with Gasteiger partial charge in [0.15, 0.2) is 5.03 Å². The molecule has 1 fully saturated rings. The van der Waals surface area contributed by atoms with E-state index in [-0.39, 0.29) is 10.4 Å². The molecule has 0 bridgehead atoms. The minimum atomic E-state index is -3.55. The first-order chi connectivity index (χ1) is 9.59. The number of nitrogens with zero attached hydrogens (tertiary/aromatic N) is 2. The van der Waals surface area contributed by atoms with Crippen LogP contribution in [0.3, 0.4) is 0 Å². The van der Waals surface area contributed by atoms with E-state index < -0.39 is 10.0 Å². The molecular formula is C12H12ClN3O2S2. The summed E-state index contributed by atoms with van der Waals surface area (Å²) in [7, 11) is -3.55. The molecule has 1 unspecified atom stereocenters. The van der Waals surface area contributed by atoms with Gasteiger partial charge < -0.3 is 4.98 Å². The van der Waals surface area contributed by atoms with E-state index in [0.717, 1.165) is 11.3 Å². The Balaban J connectivity index is 1.98. The quantitative estimate of drug-likeness (QED) is 0.939. The summed E-state index contributed by atoms with van der Waals surface area (Å²) < 4.78 is 26.6. The van der Waals surface area contributed by atoms with Crippen LogP contribution in [-0.4, -0.2) is 35.0 Å². The molecule has 1 aromatic heterocycles. The molecule has 1 atom stereocenters. The van der Waals surface area contributed by atoms with Crippen molar-refractivity contribution in [3.63, 3.8) is 0 Å². The van der Waals surface area contributed by atoms with Crippen molar-refractivity contribution in [2.75, 3.05) is 12.3 Å². The summed E-state index contributed by atoms with van der Waals surface area (Å²) in [5, 5.41) is 0.475. The monoisotopic (exact) mass is 329 g/mol. The number of aromatic nitrogens is 2. The van der Waals surface area contributed by atoms with Gasteiger partial charge in [0.25, 0.3) is 10.0 Å². The lowest BCUT2D eigenvalue weighted by Gasteiger charge is -2.22. The van der Waals surface area contributed by atoms with E-state index in [1.165, 1.54) is 16.8 Å². The summed E-state index contributed by atoms with van der Waals surface area (Å²) in [5.74, 6) is 0.755. The van der Waals surface area contributed by atoms with Crippen LogP contribution in [0.2, 0.25) is 5.02 Å². The summed E-state index contributed by atoms with van der Waals surface area (Å²) in [4.78, 5) is 6.44. The van der Waals surface area contributed by atoms with Gasteiger partial charge in [-0.2, -0.15) is 4.31 Å². The molecule has 5 nitrogen and oxygen atoms in total. The average Bonchev–Trinajstić information content (AvgIpc) is 3.11. The third kappa shape index (κ3) is 2.46. The van der Waals surface area contributed by atoms with Gasteiger partial charge in [-0.15, -0.1) is 11.8 Å². The topological polar surface area (TPSA) is 66.1 Å². The lowest BCUT2D eigenvalue weighted by atomic mass is 10.2. The maximum atomic E-state index is 12.6. The summed E-state index contributed by atoms with van der Waals surface area (Å²) in [6.45, 7) is 0.475. The van der Waals surface area contributed by atoms with Crippen LogP contribution in [0.1, 0.15) is 10.9 Å². The van der Waals surface area contributed by atoms with Crippen LogP contribution < -0.4 is 0 Å². The molecular weight excluding hydrogens is 318 g/mol. The van der Waals surface area contributed by atoms with Gasteiger partial charge in [0, 0.05) is 17.3 Å². The van der Waals surface area contributed by atoms with Crippen molar-refractivity contribution in [2.24, 2.45) is 0 Å². The largest absolute Gasteiger partial charge is 0.335 e. The zero-order valence-electron chi connectivity index (χ0n) is 10.4. The molecule has 0 radical (unpaired) electrons. The van der Waals surface area contributed by atoms with Crippen molar-refractivity contribution >= 4 is 33.4 Å². The van der Waals surface area contributed by atoms with Crippen molar-refractivity contribution in [2.45, 2.75) is 10.4 Å². The Labute approximate surface area is 126 Å². The van der Waals surface area contributed by atoms with Crippen LogP contribution >= 0.6 is 23.4 Å². The van der Waals surface area contributed by atoms with Crippen LogP contribution in [0.25, 0.3) is 0 Å². The summed E-state index contributed by atoms with van der Waals surface area (Å²) in [5.41, 5.74) is 0.892. The van der Waals surface area contributed by atoms with Crippen LogP contribution in [0.5, 0.6) is 0 Å². The number of nitrogens with one attached hydrogen (secondary N) is 1.